The minimum atomic E-state index is 0.103. The van der Waals surface area contributed by atoms with Gasteiger partial charge in [0.2, 0.25) is 0 Å². The second kappa shape index (κ2) is 35.6. The fourth-order valence-electron chi connectivity index (χ4n) is 23.6. The Hall–Kier alpha value is -18.0. The molecule has 0 bridgehead atoms. The van der Waals surface area contributed by atoms with Crippen LogP contribution >= 0.6 is 0 Å². The molecule has 0 atom stereocenters. The van der Waals surface area contributed by atoms with E-state index in [-0.39, 0.29) is 26.9 Å². The second-order valence-electron chi connectivity index (χ2n) is 39.7. The van der Waals surface area contributed by atoms with Crippen molar-refractivity contribution in [1.29, 1.82) is 0 Å². The Labute approximate surface area is 853 Å². The Morgan fingerprint density at radius 3 is 0.945 bits per heavy atom. The predicted molar refractivity (Wildman–Crippen MR) is 614 cm³/mol. The third-order valence-corrected chi connectivity index (χ3v) is 30.4. The van der Waals surface area contributed by atoms with Crippen molar-refractivity contribution in [1.82, 2.24) is 0 Å². The van der Waals surface area contributed by atoms with Crippen LogP contribution in [0.3, 0.4) is 0 Å². The molecular weight excluding hydrogens is 1770 g/mol. The van der Waals surface area contributed by atoms with E-state index in [9.17, 15) is 0 Å². The zero-order valence-corrected chi connectivity index (χ0v) is 81.8. The number of anilines is 12. The first-order chi connectivity index (χ1) is 71.8. The Bertz CT molecular complexity index is 9010. The summed E-state index contributed by atoms with van der Waals surface area (Å²) < 4.78 is 26.4. The molecule has 0 amide bonds. The number of aryl methyl sites for hydroxylation is 6. The average Bonchev–Trinajstić information content (AvgIpc) is 0.719. The van der Waals surface area contributed by atoms with Gasteiger partial charge >= 0.3 is 0 Å². The van der Waals surface area contributed by atoms with Gasteiger partial charge in [0, 0.05) is 68.2 Å². The Morgan fingerprint density at radius 1 is 0.158 bits per heavy atom. The lowest BCUT2D eigenvalue weighted by Crippen LogP contribution is -2.59. The highest BCUT2D eigenvalue weighted by atomic mass is 16.5. The van der Waals surface area contributed by atoms with E-state index in [1.54, 1.807) is 0 Å². The summed E-state index contributed by atoms with van der Waals surface area (Å²) in [6.07, 6.45) is 0. The molecule has 8 aliphatic heterocycles. The molecule has 688 valence electrons. The van der Waals surface area contributed by atoms with Crippen LogP contribution in [0.4, 0.5) is 68.2 Å². The molecule has 0 fully saturated rings. The highest BCUT2D eigenvalue weighted by Gasteiger charge is 2.47. The number of hydrogen-bond acceptors (Lipinski definition) is 8. The first kappa shape index (κ1) is 87.1. The molecule has 0 spiro atoms. The molecule has 22 aromatic carbocycles. The number of para-hydroxylation sites is 2. The van der Waals surface area contributed by atoms with Gasteiger partial charge in [-0.25, -0.2) is 0 Å². The van der Waals surface area contributed by atoms with Crippen molar-refractivity contribution in [2.24, 2.45) is 0 Å². The lowest BCUT2D eigenvalue weighted by atomic mass is 9.34. The molecule has 0 aliphatic carbocycles. The number of ether oxygens (including phenoxy) is 4. The van der Waals surface area contributed by atoms with Crippen LogP contribution < -0.4 is 104 Å². The lowest BCUT2D eigenvalue weighted by molar-refractivity contribution is 0.487. The van der Waals surface area contributed by atoms with E-state index in [0.29, 0.717) is 0 Å². The van der Waals surface area contributed by atoms with Gasteiger partial charge < -0.3 is 38.5 Å². The smallest absolute Gasteiger partial charge is 0.256 e. The molecule has 146 heavy (non-hydrogen) atoms. The monoisotopic (exact) mass is 1870 g/mol. The Morgan fingerprint density at radius 2 is 0.473 bits per heavy atom. The van der Waals surface area contributed by atoms with E-state index < -0.39 is 0 Å². The molecule has 0 saturated heterocycles. The molecular formula is C134H96B4N4O4. The largest absolute Gasteiger partial charge is 0.458 e. The SMILES string of the molecule is Cc1ccc(N2c3ccc(C)cc3B3c4cc(-c5ccccc5)ccc4Oc4cccc2c43)cc1.Cc1ccc(N2c3ccc(C)cc3B3c4ccc(-c5cccc6ccccc56)cc4Oc4cccc2c43)cc1.Cc1ccc(N2c3ccc(C)cc3B3c4ccc(-c5ccccc5)cc4Oc4cccc2c43)cc1.c1ccc(N2c3ccccc3B3c4cc(-c5ccc6ccccc6c5)ccc4Oc4cccc2c43)cc1. The highest BCUT2D eigenvalue weighted by Crippen LogP contribution is 2.49. The number of benzene rings is 22. The van der Waals surface area contributed by atoms with Crippen LogP contribution in [-0.2, 0) is 0 Å². The third kappa shape index (κ3) is 14.9. The average molecular weight is 1870 g/mol. The van der Waals surface area contributed by atoms with Crippen LogP contribution in [0.15, 0.2) is 473 Å². The van der Waals surface area contributed by atoms with Crippen LogP contribution in [0.1, 0.15) is 33.4 Å². The van der Waals surface area contributed by atoms with Crippen molar-refractivity contribution >= 4 is 182 Å². The summed E-state index contributed by atoms with van der Waals surface area (Å²) in [5.74, 6) is 7.50. The summed E-state index contributed by atoms with van der Waals surface area (Å²) in [5, 5.41) is 5.01. The molecule has 0 unspecified atom stereocenters. The summed E-state index contributed by atoms with van der Waals surface area (Å²) in [6, 6.07) is 170. The predicted octanol–water partition coefficient (Wildman–Crippen LogP) is 27.2. The van der Waals surface area contributed by atoms with E-state index in [1.165, 1.54) is 210 Å². The quantitative estimate of drug-likeness (QED) is 0.140. The fourth-order valence-corrected chi connectivity index (χ4v) is 23.6. The van der Waals surface area contributed by atoms with Crippen molar-refractivity contribution in [3.05, 3.63) is 507 Å². The van der Waals surface area contributed by atoms with Gasteiger partial charge in [-0.1, -0.05) is 355 Å². The number of nitrogens with zero attached hydrogens (tertiary/aromatic N) is 4. The molecule has 0 N–H and O–H groups in total. The van der Waals surface area contributed by atoms with Crippen LogP contribution in [0.5, 0.6) is 46.0 Å². The van der Waals surface area contributed by atoms with E-state index in [2.05, 4.69) is 534 Å². The van der Waals surface area contributed by atoms with E-state index in [4.69, 9.17) is 18.9 Å². The lowest BCUT2D eigenvalue weighted by Gasteiger charge is -2.40. The normalized spacial score (nSPS) is 13.0. The molecule has 8 heterocycles. The van der Waals surface area contributed by atoms with Gasteiger partial charge in [-0.3, -0.25) is 0 Å². The standard InChI is InChI=1S/C36H26BNO.C34H22BNO.2C32H24BNO/c1-23-13-17-27(18-14-23)38-32-20-15-24(2)21-31(32)37-30-19-16-26(29-10-5-8-25-7-3-4-9-28(25)29)22-35(30)39-34-12-6-11-33(38)36(34)37;1-2-11-27(12-3-1)36-30-14-7-6-13-28(30)35-29-22-26(25-18-17-23-9-4-5-10-24(23)21-25)19-20-32(29)37-33-16-8-15-31(36)34(33)35;1-21-11-15-25(16-12-21)34-28-18-13-22(2)19-27(28)33-26-17-14-24(23-7-4-3-5-8-23)20-31(26)35-30-10-6-9-29(34)32(30)33;1-21-11-15-25(16-12-21)34-28-17-13-22(2)19-26(28)33-27-20-24(23-7-4-3-5-8-23)14-18-30(27)35-31-10-6-9-29(34)32(31)33/h3-22H,1-2H3;1-22H;2*3-20H,1-2H3. The van der Waals surface area contributed by atoms with Gasteiger partial charge in [-0.2, -0.15) is 0 Å². The highest BCUT2D eigenvalue weighted by molar-refractivity contribution is 7.01. The van der Waals surface area contributed by atoms with Gasteiger partial charge in [0.1, 0.15) is 46.0 Å². The Kier molecular flexibility index (Phi) is 21.2. The van der Waals surface area contributed by atoms with Crippen LogP contribution in [0.2, 0.25) is 0 Å². The maximum absolute atomic E-state index is 6.72. The number of hydrogen-bond donors (Lipinski definition) is 0. The molecule has 0 saturated carbocycles. The van der Waals surface area contributed by atoms with Crippen LogP contribution in [-0.4, -0.2) is 26.9 Å². The molecule has 8 nitrogen and oxygen atoms in total. The zero-order chi connectivity index (χ0) is 97.5. The van der Waals surface area contributed by atoms with Gasteiger partial charge in [-0.05, 0) is 325 Å². The van der Waals surface area contributed by atoms with Crippen molar-refractivity contribution < 1.29 is 18.9 Å². The van der Waals surface area contributed by atoms with E-state index in [1.807, 2.05) is 0 Å². The first-order valence-electron chi connectivity index (χ1n) is 50.6. The van der Waals surface area contributed by atoms with Gasteiger partial charge in [0.25, 0.3) is 26.9 Å². The van der Waals surface area contributed by atoms with Crippen molar-refractivity contribution in [2.75, 3.05) is 19.6 Å². The van der Waals surface area contributed by atoms with E-state index in [0.717, 1.165) is 68.7 Å². The number of fused-ring (bicyclic) bond motifs is 18. The zero-order valence-electron chi connectivity index (χ0n) is 81.8. The molecule has 8 aliphatic rings. The second-order valence-corrected chi connectivity index (χ2v) is 39.7. The minimum absolute atomic E-state index is 0.103. The molecule has 0 radical (unpaired) electrons. The maximum Gasteiger partial charge on any atom is 0.256 e. The maximum atomic E-state index is 6.72. The molecule has 12 heteroatoms. The summed E-state index contributed by atoms with van der Waals surface area (Å²) in [4.78, 5) is 9.53. The summed E-state index contributed by atoms with van der Waals surface area (Å²) in [5.41, 5.74) is 46.5. The molecule has 30 rings (SSSR count). The minimum Gasteiger partial charge on any atom is -0.458 e. The van der Waals surface area contributed by atoms with Gasteiger partial charge in [0.05, 0.1) is 0 Å². The third-order valence-electron chi connectivity index (χ3n) is 30.4. The van der Waals surface area contributed by atoms with Crippen molar-refractivity contribution in [2.45, 2.75) is 41.5 Å². The summed E-state index contributed by atoms with van der Waals surface area (Å²) >= 11 is 0. The van der Waals surface area contributed by atoms with Crippen LogP contribution in [0, 0.1) is 41.5 Å². The summed E-state index contributed by atoms with van der Waals surface area (Å²) in [7, 11) is 0. The fraction of sp³-hybridized carbons (Fsp3) is 0.0448. The molecule has 22 aromatic rings. The van der Waals surface area contributed by atoms with E-state index >= 15 is 0 Å². The number of rotatable bonds is 8. The van der Waals surface area contributed by atoms with Crippen LogP contribution in [0.25, 0.3) is 66.1 Å². The topological polar surface area (TPSA) is 49.9 Å². The van der Waals surface area contributed by atoms with Crippen molar-refractivity contribution in [3.63, 3.8) is 0 Å². The Balaban J connectivity index is 0.0000000966. The van der Waals surface area contributed by atoms with Gasteiger partial charge in [0.15, 0.2) is 0 Å². The molecule has 0 aromatic heterocycles. The summed E-state index contributed by atoms with van der Waals surface area (Å²) in [6.45, 7) is 13.4. The first-order valence-corrected chi connectivity index (χ1v) is 50.6. The van der Waals surface area contributed by atoms with Gasteiger partial charge in [-0.15, -0.1) is 0 Å². The van der Waals surface area contributed by atoms with Crippen molar-refractivity contribution in [3.8, 4) is 90.5 Å².